The van der Waals surface area contributed by atoms with Gasteiger partial charge in [0.25, 0.3) is 0 Å². The molecule has 4 N–H and O–H groups in total. The van der Waals surface area contributed by atoms with Crippen molar-refractivity contribution < 1.29 is 4.74 Å². The smallest absolute Gasteiger partial charge is 0.153 e. The van der Waals surface area contributed by atoms with Gasteiger partial charge >= 0.3 is 0 Å². The first kappa shape index (κ1) is 26.6. The van der Waals surface area contributed by atoms with Crippen LogP contribution in [0.2, 0.25) is 0 Å². The Morgan fingerprint density at radius 1 is 1.05 bits per heavy atom. The zero-order valence-electron chi connectivity index (χ0n) is 23.8. The van der Waals surface area contributed by atoms with Crippen molar-refractivity contribution >= 4 is 33.5 Å². The SMILES string of the molecule is C/C(N)=C(\c1cnc2c3ccnc(N4CCN(C)CC4)c3n(C(c3ccccc3)C3CCOCC3)c2c1)N(C)N. The Hall–Kier alpha value is -3.66. The minimum atomic E-state index is 0.0968. The van der Waals surface area contributed by atoms with Crippen LogP contribution in [0.3, 0.4) is 0 Å². The van der Waals surface area contributed by atoms with Crippen LogP contribution in [-0.4, -0.2) is 77.9 Å². The van der Waals surface area contributed by atoms with Crippen LogP contribution in [0.4, 0.5) is 5.82 Å². The molecule has 2 aliphatic heterocycles. The first-order valence-electron chi connectivity index (χ1n) is 14.2. The van der Waals surface area contributed by atoms with Crippen molar-refractivity contribution in [2.75, 3.05) is 58.4 Å². The Bertz CT molecular complexity index is 1510. The number of pyridine rings is 2. The second kappa shape index (κ2) is 11.1. The van der Waals surface area contributed by atoms with Gasteiger partial charge in [-0.05, 0) is 50.4 Å². The lowest BCUT2D eigenvalue weighted by atomic mass is 9.86. The average molecular weight is 541 g/mol. The van der Waals surface area contributed by atoms with Gasteiger partial charge in [-0.15, -0.1) is 0 Å². The van der Waals surface area contributed by atoms with Gasteiger partial charge < -0.3 is 29.8 Å². The van der Waals surface area contributed by atoms with Crippen LogP contribution >= 0.6 is 0 Å². The van der Waals surface area contributed by atoms with E-state index in [2.05, 4.69) is 63.9 Å². The van der Waals surface area contributed by atoms with Crippen molar-refractivity contribution in [2.45, 2.75) is 25.8 Å². The fourth-order valence-electron chi connectivity index (χ4n) is 6.53. The maximum atomic E-state index is 6.32. The molecule has 0 spiro atoms. The largest absolute Gasteiger partial charge is 0.401 e. The summed E-state index contributed by atoms with van der Waals surface area (Å²) < 4.78 is 8.35. The summed E-state index contributed by atoms with van der Waals surface area (Å²) in [5.74, 6) is 7.69. The normalized spacial score (nSPS) is 18.8. The van der Waals surface area contributed by atoms with E-state index in [-0.39, 0.29) is 6.04 Å². The molecule has 1 aromatic carbocycles. The molecule has 0 bridgehead atoms. The van der Waals surface area contributed by atoms with Gasteiger partial charge in [0.05, 0.1) is 28.3 Å². The Balaban J connectivity index is 1.67. The predicted molar refractivity (Wildman–Crippen MR) is 162 cm³/mol. The van der Waals surface area contributed by atoms with Gasteiger partial charge in [0.1, 0.15) is 0 Å². The van der Waals surface area contributed by atoms with Gasteiger partial charge in [0, 0.05) is 75.5 Å². The molecule has 0 amide bonds. The van der Waals surface area contributed by atoms with Gasteiger partial charge in [-0.3, -0.25) is 4.98 Å². The third kappa shape index (κ3) is 4.78. The zero-order valence-corrected chi connectivity index (χ0v) is 23.8. The standard InChI is InChI=1S/C31H40N8O/c1-21(32)28(37(3)33)24-19-26-27(35-20-24)25-9-12-34-31(38-15-13-36(2)14-16-38)30(25)39(26)29(22-7-5-4-6-8-22)23-10-17-40-18-11-23/h4-9,12,19-20,23,29H,10-11,13-18,32-33H2,1-3H3/b28-21-. The summed E-state index contributed by atoms with van der Waals surface area (Å²) in [7, 11) is 4.00. The number of hydrogen-bond donors (Lipinski definition) is 2. The highest BCUT2D eigenvalue weighted by Gasteiger charge is 2.32. The molecule has 2 fully saturated rings. The number of nitrogens with two attached hydrogens (primary N) is 2. The summed E-state index contributed by atoms with van der Waals surface area (Å²) in [5.41, 5.74) is 13.1. The number of anilines is 1. The molecule has 40 heavy (non-hydrogen) atoms. The van der Waals surface area contributed by atoms with Crippen molar-refractivity contribution in [2.24, 2.45) is 17.5 Å². The maximum Gasteiger partial charge on any atom is 0.153 e. The Morgan fingerprint density at radius 3 is 2.45 bits per heavy atom. The molecule has 9 nitrogen and oxygen atoms in total. The van der Waals surface area contributed by atoms with Crippen molar-refractivity contribution in [3.8, 4) is 0 Å². The number of benzene rings is 1. The zero-order chi connectivity index (χ0) is 27.8. The van der Waals surface area contributed by atoms with E-state index < -0.39 is 0 Å². The molecule has 2 aliphatic rings. The first-order valence-corrected chi connectivity index (χ1v) is 14.2. The monoisotopic (exact) mass is 540 g/mol. The topological polar surface area (TPSA) is 102 Å². The van der Waals surface area contributed by atoms with E-state index in [1.54, 1.807) is 5.01 Å². The van der Waals surface area contributed by atoms with E-state index in [0.29, 0.717) is 11.6 Å². The number of rotatable bonds is 6. The molecule has 0 radical (unpaired) electrons. The van der Waals surface area contributed by atoms with E-state index in [0.717, 1.165) is 91.2 Å². The molecular weight excluding hydrogens is 500 g/mol. The average Bonchev–Trinajstić information content (AvgIpc) is 3.28. The number of aromatic nitrogens is 3. The molecule has 6 rings (SSSR count). The van der Waals surface area contributed by atoms with E-state index in [4.69, 9.17) is 26.3 Å². The lowest BCUT2D eigenvalue weighted by Crippen LogP contribution is -2.45. The van der Waals surface area contributed by atoms with Crippen LogP contribution in [0.5, 0.6) is 0 Å². The fourth-order valence-corrected chi connectivity index (χ4v) is 6.53. The lowest BCUT2D eigenvalue weighted by molar-refractivity contribution is 0.0553. The molecular formula is C31H40N8O. The number of allylic oxidation sites excluding steroid dienone is 1. The fraction of sp³-hybridized carbons (Fsp3) is 0.419. The summed E-state index contributed by atoms with van der Waals surface area (Å²) in [4.78, 5) is 14.9. The van der Waals surface area contributed by atoms with E-state index >= 15 is 0 Å². The number of likely N-dealkylation sites (N-methyl/N-ethyl adjacent to an activating group) is 1. The third-order valence-corrected chi connectivity index (χ3v) is 8.46. The van der Waals surface area contributed by atoms with Crippen molar-refractivity contribution in [1.82, 2.24) is 24.4 Å². The summed E-state index contributed by atoms with van der Waals surface area (Å²) in [6.07, 6.45) is 5.82. The highest BCUT2D eigenvalue weighted by Crippen LogP contribution is 2.43. The highest BCUT2D eigenvalue weighted by molar-refractivity contribution is 6.10. The van der Waals surface area contributed by atoms with Crippen LogP contribution in [0, 0.1) is 5.92 Å². The molecule has 5 heterocycles. The van der Waals surface area contributed by atoms with Crippen LogP contribution < -0.4 is 16.5 Å². The van der Waals surface area contributed by atoms with E-state index in [1.165, 1.54) is 5.56 Å². The van der Waals surface area contributed by atoms with Gasteiger partial charge in [0.15, 0.2) is 5.82 Å². The quantitative estimate of drug-likeness (QED) is 0.281. The molecule has 210 valence electrons. The van der Waals surface area contributed by atoms with Gasteiger partial charge in [-0.2, -0.15) is 0 Å². The summed E-state index contributed by atoms with van der Waals surface area (Å²) in [6.45, 7) is 7.32. The van der Waals surface area contributed by atoms with E-state index in [9.17, 15) is 0 Å². The van der Waals surface area contributed by atoms with Crippen LogP contribution in [-0.2, 0) is 4.74 Å². The number of hydrogen-bond acceptors (Lipinski definition) is 8. The van der Waals surface area contributed by atoms with Crippen LogP contribution in [0.15, 0.2) is 60.6 Å². The molecule has 1 atom stereocenters. The number of fused-ring (bicyclic) bond motifs is 3. The number of ether oxygens (including phenoxy) is 1. The minimum Gasteiger partial charge on any atom is -0.401 e. The highest BCUT2D eigenvalue weighted by atomic mass is 16.5. The number of nitrogens with zero attached hydrogens (tertiary/aromatic N) is 6. The van der Waals surface area contributed by atoms with Gasteiger partial charge in [0.2, 0.25) is 0 Å². The second-order valence-electron chi connectivity index (χ2n) is 11.2. The van der Waals surface area contributed by atoms with Crippen LogP contribution in [0.25, 0.3) is 27.6 Å². The first-order chi connectivity index (χ1) is 19.4. The summed E-state index contributed by atoms with van der Waals surface area (Å²) in [6, 6.07) is 15.3. The van der Waals surface area contributed by atoms with Crippen molar-refractivity contribution in [3.05, 3.63) is 71.7 Å². The van der Waals surface area contributed by atoms with Crippen LogP contribution in [0.1, 0.15) is 36.9 Å². The molecule has 9 heteroatoms. The summed E-state index contributed by atoms with van der Waals surface area (Å²) in [5, 5.41) is 2.70. The van der Waals surface area contributed by atoms with Gasteiger partial charge in [-0.25, -0.2) is 10.8 Å². The minimum absolute atomic E-state index is 0.0968. The Morgan fingerprint density at radius 2 is 1.77 bits per heavy atom. The molecule has 4 aromatic rings. The molecule has 0 aliphatic carbocycles. The molecule has 0 saturated carbocycles. The van der Waals surface area contributed by atoms with Crippen molar-refractivity contribution in [1.29, 1.82) is 0 Å². The molecule has 1 unspecified atom stereocenters. The molecule has 3 aromatic heterocycles. The van der Waals surface area contributed by atoms with E-state index in [1.807, 2.05) is 26.4 Å². The predicted octanol–water partition coefficient (Wildman–Crippen LogP) is 3.81. The third-order valence-electron chi connectivity index (χ3n) is 8.46. The number of hydrazine groups is 1. The molecule has 2 saturated heterocycles. The van der Waals surface area contributed by atoms with Gasteiger partial charge in [-0.1, -0.05) is 30.3 Å². The maximum absolute atomic E-state index is 6.32. The Labute approximate surface area is 236 Å². The summed E-state index contributed by atoms with van der Waals surface area (Å²) >= 11 is 0. The Kier molecular flexibility index (Phi) is 7.35. The number of piperazine rings is 1. The second-order valence-corrected chi connectivity index (χ2v) is 11.2. The lowest BCUT2D eigenvalue weighted by Gasteiger charge is -2.36. The van der Waals surface area contributed by atoms with Crippen molar-refractivity contribution in [3.63, 3.8) is 0 Å².